The second-order valence-electron chi connectivity index (χ2n) is 5.97. The van der Waals surface area contributed by atoms with Gasteiger partial charge in [0, 0.05) is 31.5 Å². The van der Waals surface area contributed by atoms with E-state index in [0.29, 0.717) is 31.8 Å². The second kappa shape index (κ2) is 6.45. The van der Waals surface area contributed by atoms with Crippen molar-refractivity contribution in [3.05, 3.63) is 41.2 Å². The normalized spacial score (nSPS) is 17.2. The first-order valence-electron chi connectivity index (χ1n) is 7.97. The number of benzene rings is 1. The van der Waals surface area contributed by atoms with E-state index in [1.54, 1.807) is 4.90 Å². The van der Waals surface area contributed by atoms with Crippen LogP contribution in [0.25, 0.3) is 0 Å². The van der Waals surface area contributed by atoms with Crippen LogP contribution < -0.4 is 0 Å². The molecule has 2 heterocycles. The van der Waals surface area contributed by atoms with Crippen LogP contribution in [0.2, 0.25) is 0 Å². The van der Waals surface area contributed by atoms with Gasteiger partial charge in [0.15, 0.2) is 0 Å². The van der Waals surface area contributed by atoms with Crippen LogP contribution in [0.15, 0.2) is 24.3 Å². The zero-order valence-corrected chi connectivity index (χ0v) is 13.2. The van der Waals surface area contributed by atoms with Gasteiger partial charge in [0.2, 0.25) is 5.82 Å². The first-order valence-corrected chi connectivity index (χ1v) is 7.97. The molecule has 3 rings (SSSR count). The van der Waals surface area contributed by atoms with E-state index >= 15 is 0 Å². The topological polar surface area (TPSA) is 95.0 Å². The number of carbonyl (C=O) groups excluding carboxylic acids is 1. The van der Waals surface area contributed by atoms with Gasteiger partial charge >= 0.3 is 0 Å². The average Bonchev–Trinajstić information content (AvgIpc) is 3.11. The van der Waals surface area contributed by atoms with Crippen LogP contribution in [0.3, 0.4) is 0 Å². The molecule has 7 nitrogen and oxygen atoms in total. The van der Waals surface area contributed by atoms with Crippen LogP contribution in [0.1, 0.15) is 47.9 Å². The fourth-order valence-corrected chi connectivity index (χ4v) is 3.05. The Bertz CT molecular complexity index is 663. The third-order valence-corrected chi connectivity index (χ3v) is 4.41. The summed E-state index contributed by atoms with van der Waals surface area (Å²) in [5.41, 5.74) is 0.741. The Balaban J connectivity index is 1.72. The molecule has 0 unspecified atom stereocenters. The zero-order valence-electron chi connectivity index (χ0n) is 13.2. The van der Waals surface area contributed by atoms with Crippen molar-refractivity contribution in [3.63, 3.8) is 0 Å². The van der Waals surface area contributed by atoms with Gasteiger partial charge in [-0.1, -0.05) is 36.8 Å². The number of nitrogens with one attached hydrogen (secondary N) is 1. The molecule has 1 aromatic heterocycles. The van der Waals surface area contributed by atoms with Gasteiger partial charge in [-0.15, -0.1) is 10.2 Å². The fraction of sp³-hybridized carbons (Fsp3) is 0.500. The molecule has 0 aliphatic carbocycles. The number of likely N-dealkylation sites (tertiary alicyclic amines) is 1. The number of aliphatic hydroxyl groups is 1. The first-order chi connectivity index (χ1) is 11.1. The molecule has 2 N–H and O–H groups in total. The predicted octanol–water partition coefficient (Wildman–Crippen LogP) is 1.28. The number of tetrazole rings is 1. The summed E-state index contributed by atoms with van der Waals surface area (Å²) in [5, 5.41) is 24.2. The van der Waals surface area contributed by atoms with Gasteiger partial charge < -0.3 is 10.0 Å². The van der Waals surface area contributed by atoms with Gasteiger partial charge in [-0.25, -0.2) is 0 Å². The molecule has 1 aliphatic heterocycles. The molecule has 0 radical (unpaired) electrons. The van der Waals surface area contributed by atoms with E-state index in [0.717, 1.165) is 24.0 Å². The Morgan fingerprint density at radius 2 is 2.09 bits per heavy atom. The van der Waals surface area contributed by atoms with Crippen LogP contribution in [0, 0.1) is 0 Å². The lowest BCUT2D eigenvalue weighted by molar-refractivity contribution is -0.0279. The first kappa shape index (κ1) is 15.6. The maximum absolute atomic E-state index is 12.8. The smallest absolute Gasteiger partial charge is 0.254 e. The number of carbonyl (C=O) groups is 1. The van der Waals surface area contributed by atoms with E-state index in [1.165, 1.54) is 0 Å². The van der Waals surface area contributed by atoms with Crippen LogP contribution >= 0.6 is 0 Å². The third-order valence-electron chi connectivity index (χ3n) is 4.41. The number of aryl methyl sites for hydroxylation is 1. The molecule has 1 aliphatic rings. The lowest BCUT2D eigenvalue weighted by atomic mass is 9.90. The highest BCUT2D eigenvalue weighted by Gasteiger charge is 2.39. The summed E-state index contributed by atoms with van der Waals surface area (Å²) < 4.78 is 0. The minimum absolute atomic E-state index is 0.0317. The molecule has 0 bridgehead atoms. The Kier molecular flexibility index (Phi) is 4.38. The highest BCUT2D eigenvalue weighted by molar-refractivity contribution is 5.95. The van der Waals surface area contributed by atoms with Crippen molar-refractivity contribution in [3.8, 4) is 0 Å². The molecule has 1 aromatic carbocycles. The molecule has 122 valence electrons. The Morgan fingerprint density at radius 1 is 1.35 bits per heavy atom. The van der Waals surface area contributed by atoms with E-state index in [2.05, 4.69) is 27.5 Å². The van der Waals surface area contributed by atoms with Crippen LogP contribution in [-0.2, 0) is 12.0 Å². The van der Waals surface area contributed by atoms with Crippen molar-refractivity contribution < 1.29 is 9.90 Å². The van der Waals surface area contributed by atoms with Gasteiger partial charge in [0.1, 0.15) is 5.60 Å². The monoisotopic (exact) mass is 315 g/mol. The number of aromatic nitrogens is 4. The number of piperidine rings is 1. The molecule has 23 heavy (non-hydrogen) atoms. The lowest BCUT2D eigenvalue weighted by Crippen LogP contribution is -2.45. The van der Waals surface area contributed by atoms with E-state index in [4.69, 9.17) is 0 Å². The highest BCUT2D eigenvalue weighted by Crippen LogP contribution is 2.30. The van der Waals surface area contributed by atoms with Crippen molar-refractivity contribution in [1.29, 1.82) is 0 Å². The molecule has 1 saturated heterocycles. The molecular formula is C16H21N5O2. The van der Waals surface area contributed by atoms with Crippen LogP contribution in [0.4, 0.5) is 0 Å². The van der Waals surface area contributed by atoms with E-state index < -0.39 is 5.60 Å². The summed E-state index contributed by atoms with van der Waals surface area (Å²) in [5.74, 6) is 0.334. The molecule has 1 fully saturated rings. The summed E-state index contributed by atoms with van der Waals surface area (Å²) in [6, 6.07) is 7.75. The quantitative estimate of drug-likeness (QED) is 0.886. The van der Waals surface area contributed by atoms with E-state index in [-0.39, 0.29) is 5.91 Å². The molecule has 0 saturated carbocycles. The van der Waals surface area contributed by atoms with Crippen molar-refractivity contribution in [2.45, 2.75) is 38.2 Å². The van der Waals surface area contributed by atoms with Gasteiger partial charge in [0.25, 0.3) is 5.91 Å². The third kappa shape index (κ3) is 3.10. The number of amides is 1. The van der Waals surface area contributed by atoms with E-state index in [1.807, 2.05) is 24.3 Å². The predicted molar refractivity (Wildman–Crippen MR) is 83.6 cm³/mol. The number of hydrogen-bond donors (Lipinski definition) is 2. The van der Waals surface area contributed by atoms with Crippen molar-refractivity contribution in [2.24, 2.45) is 0 Å². The van der Waals surface area contributed by atoms with Crippen molar-refractivity contribution >= 4 is 5.91 Å². The van der Waals surface area contributed by atoms with E-state index in [9.17, 15) is 9.90 Å². The maximum atomic E-state index is 12.8. The van der Waals surface area contributed by atoms with Crippen molar-refractivity contribution in [1.82, 2.24) is 25.5 Å². The molecule has 0 spiro atoms. The number of hydrogen-bond acceptors (Lipinski definition) is 5. The number of H-pyrrole nitrogens is 1. The second-order valence-corrected chi connectivity index (χ2v) is 5.97. The Morgan fingerprint density at radius 3 is 2.74 bits per heavy atom. The summed E-state index contributed by atoms with van der Waals surface area (Å²) >= 11 is 0. The highest BCUT2D eigenvalue weighted by atomic mass is 16.3. The number of nitrogens with zero attached hydrogens (tertiary/aromatic N) is 4. The molecular weight excluding hydrogens is 294 g/mol. The summed E-state index contributed by atoms with van der Waals surface area (Å²) in [6.07, 6.45) is 2.72. The summed E-state index contributed by atoms with van der Waals surface area (Å²) in [6.45, 7) is 3.06. The van der Waals surface area contributed by atoms with Crippen LogP contribution in [0.5, 0.6) is 0 Å². The minimum Gasteiger partial charge on any atom is -0.382 e. The maximum Gasteiger partial charge on any atom is 0.254 e. The molecule has 1 amide bonds. The number of aromatic amines is 1. The van der Waals surface area contributed by atoms with Gasteiger partial charge in [0.05, 0.1) is 0 Å². The Hall–Kier alpha value is -2.28. The summed E-state index contributed by atoms with van der Waals surface area (Å²) in [4.78, 5) is 14.6. The number of rotatable bonds is 4. The Labute approximate surface area is 134 Å². The van der Waals surface area contributed by atoms with Gasteiger partial charge in [-0.05, 0) is 18.1 Å². The average molecular weight is 315 g/mol. The van der Waals surface area contributed by atoms with Crippen LogP contribution in [-0.4, -0.2) is 49.6 Å². The minimum atomic E-state index is -1.10. The summed E-state index contributed by atoms with van der Waals surface area (Å²) in [7, 11) is 0. The zero-order chi connectivity index (χ0) is 16.3. The SMILES string of the molecule is CCCc1ccccc1C(=O)N1CCC(O)(c2nn[nH]n2)CC1. The van der Waals surface area contributed by atoms with Gasteiger partial charge in [-0.2, -0.15) is 5.21 Å². The van der Waals surface area contributed by atoms with Gasteiger partial charge in [-0.3, -0.25) is 4.79 Å². The lowest BCUT2D eigenvalue weighted by Gasteiger charge is -2.36. The molecule has 0 atom stereocenters. The fourth-order valence-electron chi connectivity index (χ4n) is 3.05. The standard InChI is InChI=1S/C16H21N5O2/c1-2-5-12-6-3-4-7-13(12)14(22)21-10-8-16(23,9-11-21)15-17-19-20-18-15/h3-4,6-7,23H,2,5,8-11H2,1H3,(H,17,18,19,20). The molecule has 7 heteroatoms. The molecule has 2 aromatic rings. The largest absolute Gasteiger partial charge is 0.382 e. The van der Waals surface area contributed by atoms with Crippen molar-refractivity contribution in [2.75, 3.05) is 13.1 Å².